The summed E-state index contributed by atoms with van der Waals surface area (Å²) >= 11 is 1.62. The van der Waals surface area contributed by atoms with E-state index in [-0.39, 0.29) is 11.9 Å². The molecule has 2 aromatic rings. The fourth-order valence-corrected chi connectivity index (χ4v) is 3.41. The van der Waals surface area contributed by atoms with E-state index in [0.717, 1.165) is 16.5 Å². The number of rotatable bonds is 5. The highest BCUT2D eigenvalue weighted by molar-refractivity contribution is 7.19. The molecule has 0 aliphatic rings. The molecule has 98 valence electrons. The highest BCUT2D eigenvalue weighted by Crippen LogP contribution is 2.33. The molecule has 0 saturated heterocycles. The van der Waals surface area contributed by atoms with Crippen LogP contribution < -0.4 is 5.73 Å². The van der Waals surface area contributed by atoms with E-state index < -0.39 is 0 Å². The maximum atomic E-state index is 13.1. The molecule has 0 aliphatic carbocycles. The lowest BCUT2D eigenvalue weighted by molar-refractivity contribution is 0.417. The third kappa shape index (κ3) is 2.90. The van der Waals surface area contributed by atoms with E-state index in [1.807, 2.05) is 6.07 Å². The van der Waals surface area contributed by atoms with Gasteiger partial charge in [-0.25, -0.2) is 4.39 Å². The Morgan fingerprint density at radius 3 is 2.61 bits per heavy atom. The first-order chi connectivity index (χ1) is 8.63. The second kappa shape index (κ2) is 5.81. The molecule has 1 aromatic carbocycles. The van der Waals surface area contributed by atoms with Gasteiger partial charge >= 0.3 is 0 Å². The smallest absolute Gasteiger partial charge is 0.124 e. The van der Waals surface area contributed by atoms with Crippen LogP contribution in [0.2, 0.25) is 0 Å². The van der Waals surface area contributed by atoms with E-state index in [2.05, 4.69) is 19.9 Å². The van der Waals surface area contributed by atoms with Gasteiger partial charge < -0.3 is 5.73 Å². The van der Waals surface area contributed by atoms with Crippen molar-refractivity contribution in [3.63, 3.8) is 0 Å². The van der Waals surface area contributed by atoms with E-state index in [1.165, 1.54) is 23.8 Å². The van der Waals surface area contributed by atoms with Gasteiger partial charge in [-0.05, 0) is 35.9 Å². The predicted octanol–water partition coefficient (Wildman–Crippen LogP) is 4.87. The Bertz CT molecular complexity index is 516. The van der Waals surface area contributed by atoms with Crippen molar-refractivity contribution in [2.45, 2.75) is 39.2 Å². The summed E-state index contributed by atoms with van der Waals surface area (Å²) in [5.74, 6) is 0.506. The summed E-state index contributed by atoms with van der Waals surface area (Å²) in [6, 6.07) is 7.11. The van der Waals surface area contributed by atoms with Gasteiger partial charge in [0.25, 0.3) is 0 Å². The van der Waals surface area contributed by atoms with Crippen molar-refractivity contribution in [3.05, 3.63) is 35.0 Å². The number of benzene rings is 1. The highest BCUT2D eigenvalue weighted by atomic mass is 32.1. The van der Waals surface area contributed by atoms with Crippen molar-refractivity contribution >= 4 is 21.4 Å². The molecule has 1 atom stereocenters. The number of nitrogens with two attached hydrogens (primary N) is 1. The van der Waals surface area contributed by atoms with E-state index in [1.54, 1.807) is 17.4 Å². The SMILES string of the molecule is CCC(CC)CC(N)c1cc2ccc(F)cc2s1. The lowest BCUT2D eigenvalue weighted by Gasteiger charge is -2.16. The number of hydrogen-bond acceptors (Lipinski definition) is 2. The molecular formula is C15H20FNS. The third-order valence-corrected chi connectivity index (χ3v) is 4.84. The van der Waals surface area contributed by atoms with Crippen molar-refractivity contribution in [1.29, 1.82) is 0 Å². The van der Waals surface area contributed by atoms with Crippen LogP contribution in [0.3, 0.4) is 0 Å². The average molecular weight is 265 g/mol. The van der Waals surface area contributed by atoms with Crippen molar-refractivity contribution in [1.82, 2.24) is 0 Å². The van der Waals surface area contributed by atoms with E-state index in [9.17, 15) is 4.39 Å². The molecule has 1 nitrogen and oxygen atoms in total. The first kappa shape index (κ1) is 13.5. The van der Waals surface area contributed by atoms with Gasteiger partial charge in [0.05, 0.1) is 0 Å². The lowest BCUT2D eigenvalue weighted by Crippen LogP contribution is -2.13. The molecule has 1 aromatic heterocycles. The fraction of sp³-hybridized carbons (Fsp3) is 0.467. The number of hydrogen-bond donors (Lipinski definition) is 1. The van der Waals surface area contributed by atoms with Crippen LogP contribution in [-0.2, 0) is 0 Å². The largest absolute Gasteiger partial charge is 0.323 e. The quantitative estimate of drug-likeness (QED) is 0.820. The first-order valence-electron chi connectivity index (χ1n) is 6.58. The predicted molar refractivity (Wildman–Crippen MR) is 77.4 cm³/mol. The summed E-state index contributed by atoms with van der Waals surface area (Å²) in [5, 5.41) is 1.09. The topological polar surface area (TPSA) is 26.0 Å². The third-order valence-electron chi connectivity index (χ3n) is 3.61. The van der Waals surface area contributed by atoms with Crippen molar-refractivity contribution in [2.24, 2.45) is 11.7 Å². The van der Waals surface area contributed by atoms with Crippen LogP contribution in [0.25, 0.3) is 10.1 Å². The summed E-state index contributed by atoms with van der Waals surface area (Å²) in [6.45, 7) is 4.42. The van der Waals surface area contributed by atoms with Gasteiger partial charge in [-0.1, -0.05) is 32.8 Å². The zero-order chi connectivity index (χ0) is 13.1. The molecule has 2 rings (SSSR count). The Morgan fingerprint density at radius 1 is 1.22 bits per heavy atom. The second-order valence-corrected chi connectivity index (χ2v) is 5.97. The van der Waals surface area contributed by atoms with Crippen LogP contribution in [0.15, 0.2) is 24.3 Å². The minimum atomic E-state index is -0.176. The second-order valence-electron chi connectivity index (χ2n) is 4.86. The molecule has 0 bridgehead atoms. The Kier molecular flexibility index (Phi) is 4.36. The normalized spacial score (nSPS) is 13.4. The Balaban J connectivity index is 2.20. The van der Waals surface area contributed by atoms with E-state index in [4.69, 9.17) is 5.73 Å². The number of thiophene rings is 1. The molecule has 3 heteroatoms. The van der Waals surface area contributed by atoms with Crippen LogP contribution in [0.1, 0.15) is 44.0 Å². The van der Waals surface area contributed by atoms with Crippen LogP contribution in [0, 0.1) is 11.7 Å². The molecule has 0 fully saturated rings. The summed E-state index contributed by atoms with van der Waals surface area (Å²) in [5.41, 5.74) is 6.27. The summed E-state index contributed by atoms with van der Waals surface area (Å²) in [6.07, 6.45) is 3.36. The van der Waals surface area contributed by atoms with Gasteiger partial charge in [0.15, 0.2) is 0 Å². The van der Waals surface area contributed by atoms with Crippen molar-refractivity contribution in [2.75, 3.05) is 0 Å². The molecule has 1 unspecified atom stereocenters. The molecule has 0 amide bonds. The zero-order valence-electron chi connectivity index (χ0n) is 10.9. The lowest BCUT2D eigenvalue weighted by atomic mass is 9.94. The van der Waals surface area contributed by atoms with E-state index in [0.29, 0.717) is 5.92 Å². The monoisotopic (exact) mass is 265 g/mol. The van der Waals surface area contributed by atoms with Gasteiger partial charge in [0.2, 0.25) is 0 Å². The van der Waals surface area contributed by atoms with Crippen molar-refractivity contribution in [3.8, 4) is 0 Å². The summed E-state index contributed by atoms with van der Waals surface area (Å²) < 4.78 is 14.1. The van der Waals surface area contributed by atoms with Crippen LogP contribution >= 0.6 is 11.3 Å². The van der Waals surface area contributed by atoms with E-state index >= 15 is 0 Å². The van der Waals surface area contributed by atoms with Crippen molar-refractivity contribution < 1.29 is 4.39 Å². The maximum Gasteiger partial charge on any atom is 0.124 e. The van der Waals surface area contributed by atoms with Gasteiger partial charge in [-0.2, -0.15) is 0 Å². The van der Waals surface area contributed by atoms with Crippen LogP contribution in [0.4, 0.5) is 4.39 Å². The molecule has 0 spiro atoms. The fourth-order valence-electron chi connectivity index (χ4n) is 2.31. The van der Waals surface area contributed by atoms with Gasteiger partial charge in [-0.3, -0.25) is 0 Å². The van der Waals surface area contributed by atoms with Gasteiger partial charge in [-0.15, -0.1) is 11.3 Å². The average Bonchev–Trinajstić information content (AvgIpc) is 2.78. The minimum Gasteiger partial charge on any atom is -0.323 e. The minimum absolute atomic E-state index is 0.0790. The standard InChI is InChI=1S/C15H20FNS/c1-3-10(4-2)7-13(17)15-8-11-5-6-12(16)9-14(11)18-15/h5-6,8-10,13H,3-4,7,17H2,1-2H3. The summed E-state index contributed by atoms with van der Waals surface area (Å²) in [4.78, 5) is 1.17. The molecule has 0 radical (unpaired) electrons. The molecule has 0 saturated carbocycles. The zero-order valence-corrected chi connectivity index (χ0v) is 11.8. The molecule has 0 aliphatic heterocycles. The van der Waals surface area contributed by atoms with Crippen LogP contribution in [-0.4, -0.2) is 0 Å². The number of fused-ring (bicyclic) bond motifs is 1. The molecular weight excluding hydrogens is 245 g/mol. The first-order valence-corrected chi connectivity index (χ1v) is 7.40. The maximum absolute atomic E-state index is 13.1. The molecule has 1 heterocycles. The number of halogens is 1. The van der Waals surface area contributed by atoms with Crippen LogP contribution in [0.5, 0.6) is 0 Å². The Morgan fingerprint density at radius 2 is 1.94 bits per heavy atom. The Labute approximate surface area is 112 Å². The van der Waals surface area contributed by atoms with Gasteiger partial charge in [0, 0.05) is 15.6 Å². The molecule has 2 N–H and O–H groups in total. The Hall–Kier alpha value is -0.930. The summed E-state index contributed by atoms with van der Waals surface area (Å²) in [7, 11) is 0. The van der Waals surface area contributed by atoms with Gasteiger partial charge in [0.1, 0.15) is 5.82 Å². The highest BCUT2D eigenvalue weighted by Gasteiger charge is 2.14. The molecule has 18 heavy (non-hydrogen) atoms.